The number of aromatic nitrogens is 3. The Kier molecular flexibility index (Phi) is 5.17. The molecule has 2 aromatic heterocycles. The number of rotatable bonds is 6. The van der Waals surface area contributed by atoms with Gasteiger partial charge in [-0.3, -0.25) is 0 Å². The topological polar surface area (TPSA) is 89.9 Å². The fourth-order valence-electron chi connectivity index (χ4n) is 2.34. The molecule has 0 fully saturated rings. The Balaban J connectivity index is 1.79. The minimum absolute atomic E-state index is 0.0908. The molecule has 0 bridgehead atoms. The van der Waals surface area contributed by atoms with Gasteiger partial charge in [0.1, 0.15) is 17.4 Å². The quantitative estimate of drug-likeness (QED) is 0.699. The molecular weight excluding hydrogens is 347 g/mol. The Hall–Kier alpha value is -2.94. The molecule has 0 spiro atoms. The largest absolute Gasteiger partial charge is 0.467 e. The van der Waals surface area contributed by atoms with Gasteiger partial charge in [-0.05, 0) is 23.8 Å². The highest BCUT2D eigenvalue weighted by atomic mass is 19.4. The maximum absolute atomic E-state index is 12.8. The number of nitrogens with two attached hydrogens (primary N) is 1. The zero-order chi connectivity index (χ0) is 18.6. The lowest BCUT2D eigenvalue weighted by atomic mass is 10.1. The Bertz CT molecular complexity index is 865. The van der Waals surface area contributed by atoms with E-state index < -0.39 is 11.7 Å². The first-order valence-electron chi connectivity index (χ1n) is 7.80. The van der Waals surface area contributed by atoms with Crippen LogP contribution in [-0.2, 0) is 25.7 Å². The molecule has 0 aliphatic carbocycles. The summed E-state index contributed by atoms with van der Waals surface area (Å²) < 4.78 is 43.8. The van der Waals surface area contributed by atoms with Crippen LogP contribution in [0.4, 0.5) is 19.1 Å². The summed E-state index contributed by atoms with van der Waals surface area (Å²) in [6.45, 7) is 0.456. The van der Waals surface area contributed by atoms with Crippen LogP contribution in [-0.4, -0.2) is 15.0 Å². The van der Waals surface area contributed by atoms with Crippen molar-refractivity contribution in [1.82, 2.24) is 15.0 Å². The van der Waals surface area contributed by atoms with E-state index in [-0.39, 0.29) is 13.0 Å². The molecule has 1 aromatic carbocycles. The van der Waals surface area contributed by atoms with E-state index in [2.05, 4.69) is 20.3 Å². The van der Waals surface area contributed by atoms with Gasteiger partial charge in [-0.2, -0.15) is 23.1 Å². The second kappa shape index (κ2) is 7.52. The van der Waals surface area contributed by atoms with Crippen molar-refractivity contribution >= 4 is 5.95 Å². The SMILES string of the molecule is NCc1nc(Cc2cccc(C(F)(F)F)c2)nc(NCc2ccco2)n1. The number of nitrogens with one attached hydrogen (secondary N) is 1. The summed E-state index contributed by atoms with van der Waals surface area (Å²) in [4.78, 5) is 12.6. The van der Waals surface area contributed by atoms with Crippen molar-refractivity contribution in [1.29, 1.82) is 0 Å². The highest BCUT2D eigenvalue weighted by Gasteiger charge is 2.30. The number of halogens is 3. The molecule has 6 nitrogen and oxygen atoms in total. The van der Waals surface area contributed by atoms with Crippen LogP contribution in [0, 0.1) is 0 Å². The molecule has 0 aliphatic heterocycles. The number of nitrogens with zero attached hydrogens (tertiary/aromatic N) is 3. The summed E-state index contributed by atoms with van der Waals surface area (Å²) in [6.07, 6.45) is -2.71. The zero-order valence-electron chi connectivity index (χ0n) is 13.6. The monoisotopic (exact) mass is 363 g/mol. The molecule has 26 heavy (non-hydrogen) atoms. The molecule has 3 rings (SSSR count). The van der Waals surface area contributed by atoms with Crippen LogP contribution in [0.1, 0.15) is 28.5 Å². The lowest BCUT2D eigenvalue weighted by Crippen LogP contribution is -2.13. The Morgan fingerprint density at radius 2 is 1.85 bits per heavy atom. The van der Waals surface area contributed by atoms with Crippen molar-refractivity contribution in [2.24, 2.45) is 5.73 Å². The number of anilines is 1. The molecule has 2 heterocycles. The third kappa shape index (κ3) is 4.57. The van der Waals surface area contributed by atoms with Crippen molar-refractivity contribution in [2.75, 3.05) is 5.32 Å². The highest BCUT2D eigenvalue weighted by Crippen LogP contribution is 2.29. The molecule has 0 radical (unpaired) electrons. The maximum atomic E-state index is 12.8. The number of hydrogen-bond acceptors (Lipinski definition) is 6. The molecule has 0 unspecified atom stereocenters. The molecule has 136 valence electrons. The second-order valence-corrected chi connectivity index (χ2v) is 5.50. The molecule has 3 aromatic rings. The standard InChI is InChI=1S/C17H16F3N5O/c18-17(19,20)12-4-1-3-11(7-12)8-14-23-15(9-21)25-16(24-14)22-10-13-5-2-6-26-13/h1-7H,8-10,21H2,(H,22,23,24,25). The average molecular weight is 363 g/mol. The summed E-state index contributed by atoms with van der Waals surface area (Å²) in [5.41, 5.74) is 5.35. The van der Waals surface area contributed by atoms with Crippen molar-refractivity contribution in [2.45, 2.75) is 25.7 Å². The van der Waals surface area contributed by atoms with Gasteiger partial charge in [0, 0.05) is 6.42 Å². The van der Waals surface area contributed by atoms with Gasteiger partial charge >= 0.3 is 6.18 Å². The van der Waals surface area contributed by atoms with E-state index in [1.165, 1.54) is 6.07 Å². The number of furan rings is 1. The van der Waals surface area contributed by atoms with E-state index in [1.807, 2.05) is 0 Å². The first-order chi connectivity index (χ1) is 12.4. The van der Waals surface area contributed by atoms with E-state index in [0.29, 0.717) is 35.5 Å². The summed E-state index contributed by atoms with van der Waals surface area (Å²) in [5.74, 6) is 1.67. The molecule has 0 atom stereocenters. The van der Waals surface area contributed by atoms with Crippen molar-refractivity contribution in [3.05, 3.63) is 71.2 Å². The molecule has 0 saturated heterocycles. The van der Waals surface area contributed by atoms with E-state index >= 15 is 0 Å². The van der Waals surface area contributed by atoms with Crippen LogP contribution < -0.4 is 11.1 Å². The van der Waals surface area contributed by atoms with E-state index in [0.717, 1.165) is 12.1 Å². The van der Waals surface area contributed by atoms with Gasteiger partial charge in [0.25, 0.3) is 0 Å². The first-order valence-corrected chi connectivity index (χ1v) is 7.80. The van der Waals surface area contributed by atoms with Crippen LogP contribution in [0.15, 0.2) is 47.1 Å². The third-order valence-electron chi connectivity index (χ3n) is 3.53. The van der Waals surface area contributed by atoms with Crippen molar-refractivity contribution in [3.8, 4) is 0 Å². The summed E-state index contributed by atoms with van der Waals surface area (Å²) >= 11 is 0. The minimum atomic E-state index is -4.40. The Morgan fingerprint density at radius 1 is 1.04 bits per heavy atom. The predicted molar refractivity (Wildman–Crippen MR) is 88.0 cm³/mol. The van der Waals surface area contributed by atoms with Gasteiger partial charge in [0.05, 0.1) is 24.9 Å². The van der Waals surface area contributed by atoms with Gasteiger partial charge in [-0.25, -0.2) is 4.98 Å². The van der Waals surface area contributed by atoms with Gasteiger partial charge in [0.15, 0.2) is 0 Å². The fraction of sp³-hybridized carbons (Fsp3) is 0.235. The van der Waals surface area contributed by atoms with E-state index in [9.17, 15) is 13.2 Å². The molecule has 0 amide bonds. The van der Waals surface area contributed by atoms with Crippen LogP contribution in [0.2, 0.25) is 0 Å². The average Bonchev–Trinajstić information content (AvgIpc) is 3.13. The van der Waals surface area contributed by atoms with Crippen LogP contribution in [0.3, 0.4) is 0 Å². The van der Waals surface area contributed by atoms with Crippen molar-refractivity contribution in [3.63, 3.8) is 0 Å². The molecule has 9 heteroatoms. The first kappa shape index (κ1) is 17.9. The van der Waals surface area contributed by atoms with E-state index in [4.69, 9.17) is 10.2 Å². The van der Waals surface area contributed by atoms with Gasteiger partial charge < -0.3 is 15.5 Å². The zero-order valence-corrected chi connectivity index (χ0v) is 13.6. The summed E-state index contributed by atoms with van der Waals surface area (Å²) in [6, 6.07) is 8.62. The molecular formula is C17H16F3N5O. The minimum Gasteiger partial charge on any atom is -0.467 e. The van der Waals surface area contributed by atoms with Gasteiger partial charge in [-0.1, -0.05) is 18.2 Å². The maximum Gasteiger partial charge on any atom is 0.416 e. The van der Waals surface area contributed by atoms with Crippen LogP contribution in [0.25, 0.3) is 0 Å². The van der Waals surface area contributed by atoms with Crippen LogP contribution in [0.5, 0.6) is 0 Å². The smallest absolute Gasteiger partial charge is 0.416 e. The Morgan fingerprint density at radius 3 is 2.54 bits per heavy atom. The van der Waals surface area contributed by atoms with Crippen molar-refractivity contribution < 1.29 is 17.6 Å². The van der Waals surface area contributed by atoms with Gasteiger partial charge in [0.2, 0.25) is 5.95 Å². The molecule has 0 aliphatic rings. The fourth-order valence-corrected chi connectivity index (χ4v) is 2.34. The normalized spacial score (nSPS) is 11.5. The number of alkyl halides is 3. The third-order valence-corrected chi connectivity index (χ3v) is 3.53. The summed E-state index contributed by atoms with van der Waals surface area (Å²) in [5, 5.41) is 2.99. The van der Waals surface area contributed by atoms with Crippen LogP contribution >= 0.6 is 0 Å². The highest BCUT2D eigenvalue weighted by molar-refractivity contribution is 5.30. The predicted octanol–water partition coefficient (Wildman–Crippen LogP) is 3.15. The second-order valence-electron chi connectivity index (χ2n) is 5.50. The number of benzene rings is 1. The van der Waals surface area contributed by atoms with E-state index in [1.54, 1.807) is 24.5 Å². The summed E-state index contributed by atoms with van der Waals surface area (Å²) in [7, 11) is 0. The molecule has 3 N–H and O–H groups in total. The molecule has 0 saturated carbocycles. The lowest BCUT2D eigenvalue weighted by molar-refractivity contribution is -0.137. The lowest BCUT2D eigenvalue weighted by Gasteiger charge is -2.10. The van der Waals surface area contributed by atoms with Gasteiger partial charge in [-0.15, -0.1) is 0 Å². The number of hydrogen-bond donors (Lipinski definition) is 2. The Labute approximate surface area is 147 Å².